The van der Waals surface area contributed by atoms with Crippen LogP contribution >= 0.6 is 11.6 Å². The van der Waals surface area contributed by atoms with E-state index in [1.807, 2.05) is 50.4 Å². The Hall–Kier alpha value is -2.04. The predicted molar refractivity (Wildman–Crippen MR) is 93.1 cm³/mol. The van der Waals surface area contributed by atoms with E-state index in [0.717, 1.165) is 22.8 Å². The van der Waals surface area contributed by atoms with Gasteiger partial charge in [-0.15, -0.1) is 0 Å². The van der Waals surface area contributed by atoms with Crippen LogP contribution < -0.4 is 15.0 Å². The Morgan fingerprint density at radius 2 is 1.96 bits per heavy atom. The van der Waals surface area contributed by atoms with Gasteiger partial charge in [-0.05, 0) is 49.4 Å². The number of likely N-dealkylation sites (N-methyl/N-ethyl adjacent to an activating group) is 1. The van der Waals surface area contributed by atoms with E-state index in [1.165, 1.54) is 0 Å². The van der Waals surface area contributed by atoms with Gasteiger partial charge in [-0.3, -0.25) is 4.79 Å². The summed E-state index contributed by atoms with van der Waals surface area (Å²) in [5.74, 6) is 0.802. The van der Waals surface area contributed by atoms with Crippen molar-refractivity contribution in [1.82, 2.24) is 0 Å². The van der Waals surface area contributed by atoms with Crippen molar-refractivity contribution in [3.8, 4) is 5.75 Å². The van der Waals surface area contributed by atoms with Crippen molar-refractivity contribution in [3.05, 3.63) is 59.1 Å². The summed E-state index contributed by atoms with van der Waals surface area (Å²) in [6.45, 7) is 2.67. The highest BCUT2D eigenvalue weighted by Crippen LogP contribution is 2.15. The third kappa shape index (κ3) is 4.98. The van der Waals surface area contributed by atoms with Crippen molar-refractivity contribution in [2.45, 2.75) is 19.5 Å². The molecule has 0 aromatic heterocycles. The van der Waals surface area contributed by atoms with Gasteiger partial charge in [0, 0.05) is 16.3 Å². The van der Waals surface area contributed by atoms with Crippen LogP contribution in [0.5, 0.6) is 5.75 Å². The van der Waals surface area contributed by atoms with E-state index < -0.39 is 0 Å². The highest BCUT2D eigenvalue weighted by molar-refractivity contribution is 6.30. The number of ether oxygens (including phenoxy) is 1. The molecule has 2 atom stereocenters. The molecule has 2 N–H and O–H groups in total. The molecule has 2 aromatic carbocycles. The van der Waals surface area contributed by atoms with Crippen LogP contribution in [0.4, 0.5) is 5.69 Å². The second kappa shape index (κ2) is 7.99. The molecule has 23 heavy (non-hydrogen) atoms. The van der Waals surface area contributed by atoms with Gasteiger partial charge in [0.15, 0.2) is 6.04 Å². The van der Waals surface area contributed by atoms with Crippen LogP contribution in [0.2, 0.25) is 5.02 Å². The molecule has 2 rings (SSSR count). The number of methoxy groups -OCH3 is 1. The molecule has 1 amide bonds. The van der Waals surface area contributed by atoms with E-state index in [4.69, 9.17) is 16.3 Å². The molecule has 0 aliphatic rings. The van der Waals surface area contributed by atoms with E-state index in [1.54, 1.807) is 19.2 Å². The second-order valence-corrected chi connectivity index (χ2v) is 6.03. The zero-order valence-corrected chi connectivity index (χ0v) is 14.4. The fraction of sp³-hybridized carbons (Fsp3) is 0.278. The first-order valence-corrected chi connectivity index (χ1v) is 7.89. The molecule has 0 saturated heterocycles. The molecular formula is C18H22ClN2O2+. The molecule has 0 spiro atoms. The monoisotopic (exact) mass is 333 g/mol. The fourth-order valence-electron chi connectivity index (χ4n) is 2.26. The number of carbonyl (C=O) groups excluding carboxylic acids is 1. The first kappa shape index (κ1) is 17.3. The predicted octanol–water partition coefficient (Wildman–Crippen LogP) is 2.39. The molecule has 1 unspecified atom stereocenters. The van der Waals surface area contributed by atoms with Crippen LogP contribution in [0.25, 0.3) is 0 Å². The molecule has 0 heterocycles. The Morgan fingerprint density at radius 1 is 1.26 bits per heavy atom. The number of hydrogen-bond donors (Lipinski definition) is 2. The first-order chi connectivity index (χ1) is 11.0. The minimum Gasteiger partial charge on any atom is -0.497 e. The van der Waals surface area contributed by atoms with Crippen molar-refractivity contribution in [3.63, 3.8) is 0 Å². The van der Waals surface area contributed by atoms with E-state index in [-0.39, 0.29) is 11.9 Å². The average molecular weight is 334 g/mol. The van der Waals surface area contributed by atoms with Crippen molar-refractivity contribution in [1.29, 1.82) is 0 Å². The van der Waals surface area contributed by atoms with Gasteiger partial charge in [-0.25, -0.2) is 0 Å². The summed E-state index contributed by atoms with van der Waals surface area (Å²) in [4.78, 5) is 13.5. The third-order valence-corrected chi connectivity index (χ3v) is 4.10. The number of rotatable bonds is 6. The van der Waals surface area contributed by atoms with Crippen LogP contribution in [0.3, 0.4) is 0 Å². The van der Waals surface area contributed by atoms with Crippen molar-refractivity contribution >= 4 is 23.2 Å². The van der Waals surface area contributed by atoms with E-state index in [2.05, 4.69) is 5.32 Å². The maximum Gasteiger partial charge on any atom is 0.282 e. The lowest BCUT2D eigenvalue weighted by Crippen LogP contribution is -3.12. The number of benzene rings is 2. The Balaban J connectivity index is 1.95. The molecule has 122 valence electrons. The summed E-state index contributed by atoms with van der Waals surface area (Å²) in [7, 11) is 3.65. The van der Waals surface area contributed by atoms with E-state index in [9.17, 15) is 4.79 Å². The van der Waals surface area contributed by atoms with Gasteiger partial charge < -0.3 is 15.0 Å². The summed E-state index contributed by atoms with van der Waals surface area (Å²) in [5, 5.41) is 3.51. The van der Waals surface area contributed by atoms with Gasteiger partial charge in [0.05, 0.1) is 14.2 Å². The lowest BCUT2D eigenvalue weighted by molar-refractivity contribution is -0.907. The number of carbonyl (C=O) groups is 1. The van der Waals surface area contributed by atoms with Gasteiger partial charge in [-0.1, -0.05) is 17.7 Å². The molecule has 5 heteroatoms. The zero-order chi connectivity index (χ0) is 16.8. The van der Waals surface area contributed by atoms with Crippen LogP contribution in [-0.4, -0.2) is 26.1 Å². The minimum atomic E-state index is -0.184. The standard InChI is InChI=1S/C18H21ClN2O2/c1-13(18(22)20-16-6-4-5-15(19)11-16)21(2)12-14-7-9-17(23-3)10-8-14/h4-11,13H,12H2,1-3H3,(H,20,22)/p+1/t13-/m0/s1. The van der Waals surface area contributed by atoms with E-state index >= 15 is 0 Å². The molecule has 0 bridgehead atoms. The quantitative estimate of drug-likeness (QED) is 0.852. The molecule has 2 aromatic rings. The molecule has 0 fully saturated rings. The molecule has 0 aliphatic heterocycles. The molecule has 0 aliphatic carbocycles. The SMILES string of the molecule is COc1ccc(C[NH+](C)[C@@H](C)C(=O)Nc2cccc(Cl)c2)cc1. The average Bonchev–Trinajstić information content (AvgIpc) is 2.54. The molecule has 0 radical (unpaired) electrons. The normalized spacial score (nSPS) is 13.2. The van der Waals surface area contributed by atoms with Crippen molar-refractivity contribution < 1.29 is 14.4 Å². The van der Waals surface area contributed by atoms with Gasteiger partial charge in [0.25, 0.3) is 5.91 Å². The van der Waals surface area contributed by atoms with Gasteiger partial charge in [-0.2, -0.15) is 0 Å². The van der Waals surface area contributed by atoms with Crippen LogP contribution in [0.15, 0.2) is 48.5 Å². The van der Waals surface area contributed by atoms with Crippen LogP contribution in [-0.2, 0) is 11.3 Å². The zero-order valence-electron chi connectivity index (χ0n) is 13.6. The Kier molecular flexibility index (Phi) is 6.02. The number of anilines is 1. The van der Waals surface area contributed by atoms with Crippen molar-refractivity contribution in [2.24, 2.45) is 0 Å². The minimum absolute atomic E-state index is 0.0294. The number of quaternary nitrogens is 1. The Morgan fingerprint density at radius 3 is 2.57 bits per heavy atom. The topological polar surface area (TPSA) is 42.8 Å². The van der Waals surface area contributed by atoms with Crippen molar-refractivity contribution in [2.75, 3.05) is 19.5 Å². The summed E-state index contributed by atoms with van der Waals surface area (Å²) in [6, 6.07) is 14.9. The molecule has 4 nitrogen and oxygen atoms in total. The highest BCUT2D eigenvalue weighted by atomic mass is 35.5. The number of nitrogens with one attached hydrogen (secondary N) is 2. The summed E-state index contributed by atoms with van der Waals surface area (Å²) in [5.41, 5.74) is 1.87. The van der Waals surface area contributed by atoms with Gasteiger partial charge in [0.1, 0.15) is 12.3 Å². The van der Waals surface area contributed by atoms with Gasteiger partial charge in [0.2, 0.25) is 0 Å². The number of amides is 1. The first-order valence-electron chi connectivity index (χ1n) is 7.51. The maximum atomic E-state index is 12.4. The number of hydrogen-bond acceptors (Lipinski definition) is 2. The molecule has 0 saturated carbocycles. The van der Waals surface area contributed by atoms with E-state index in [0.29, 0.717) is 10.7 Å². The summed E-state index contributed by atoms with van der Waals surface area (Å²) < 4.78 is 5.15. The highest BCUT2D eigenvalue weighted by Gasteiger charge is 2.22. The lowest BCUT2D eigenvalue weighted by Gasteiger charge is -2.21. The Labute approximate surface area is 142 Å². The van der Waals surface area contributed by atoms with Gasteiger partial charge >= 0.3 is 0 Å². The third-order valence-electron chi connectivity index (χ3n) is 3.87. The van der Waals surface area contributed by atoms with Crippen LogP contribution in [0.1, 0.15) is 12.5 Å². The summed E-state index contributed by atoms with van der Waals surface area (Å²) >= 11 is 5.94. The van der Waals surface area contributed by atoms with Crippen LogP contribution in [0, 0.1) is 0 Å². The second-order valence-electron chi connectivity index (χ2n) is 5.59. The fourth-order valence-corrected chi connectivity index (χ4v) is 2.45. The summed E-state index contributed by atoms with van der Waals surface area (Å²) in [6.07, 6.45) is 0. The maximum absolute atomic E-state index is 12.4. The molecular weight excluding hydrogens is 312 g/mol. The Bertz CT molecular complexity index is 658. The smallest absolute Gasteiger partial charge is 0.282 e. The largest absolute Gasteiger partial charge is 0.497 e. The lowest BCUT2D eigenvalue weighted by atomic mass is 10.1. The number of halogens is 1.